The molecule has 0 saturated carbocycles. The van der Waals surface area contributed by atoms with Crippen LogP contribution in [-0.4, -0.2) is 29.8 Å². The summed E-state index contributed by atoms with van der Waals surface area (Å²) in [5, 5.41) is 0.640. The summed E-state index contributed by atoms with van der Waals surface area (Å²) in [6.45, 7) is 6.54. The average molecular weight is 475 g/mol. The largest absolute Gasteiger partial charge is 0.337 e. The molecule has 0 unspecified atom stereocenters. The molecule has 0 aliphatic carbocycles. The van der Waals surface area contributed by atoms with Gasteiger partial charge in [-0.25, -0.2) is 8.42 Å². The molecule has 6 heteroatoms. The summed E-state index contributed by atoms with van der Waals surface area (Å²) >= 11 is 0. The Balaban J connectivity index is 1.64. The molecule has 1 amide bonds. The van der Waals surface area contributed by atoms with Crippen molar-refractivity contribution in [3.8, 4) is 0 Å². The van der Waals surface area contributed by atoms with Gasteiger partial charge in [-0.05, 0) is 38.0 Å². The second-order valence-electron chi connectivity index (χ2n) is 8.98. The van der Waals surface area contributed by atoms with Crippen LogP contribution in [0.3, 0.4) is 0 Å². The van der Waals surface area contributed by atoms with Crippen molar-refractivity contribution in [3.63, 3.8) is 0 Å². The molecule has 4 aromatic rings. The summed E-state index contributed by atoms with van der Waals surface area (Å²) in [4.78, 5) is 15.4. The molecule has 4 rings (SSSR count). The predicted octanol–water partition coefficient (Wildman–Crippen LogP) is 5.36. The van der Waals surface area contributed by atoms with Gasteiger partial charge in [0.2, 0.25) is 5.91 Å². The Morgan fingerprint density at radius 1 is 0.882 bits per heavy atom. The lowest BCUT2D eigenvalue weighted by Crippen LogP contribution is -2.38. The van der Waals surface area contributed by atoms with Crippen molar-refractivity contribution in [2.45, 2.75) is 50.6 Å². The second-order valence-corrected chi connectivity index (χ2v) is 10.9. The van der Waals surface area contributed by atoms with E-state index in [-0.39, 0.29) is 29.1 Å². The van der Waals surface area contributed by atoms with Gasteiger partial charge in [0.05, 0.1) is 10.6 Å². The lowest BCUT2D eigenvalue weighted by Gasteiger charge is -2.27. The highest BCUT2D eigenvalue weighted by Gasteiger charge is 2.24. The highest BCUT2D eigenvalue weighted by Crippen LogP contribution is 2.28. The number of benzene rings is 3. The van der Waals surface area contributed by atoms with Crippen molar-refractivity contribution in [1.29, 1.82) is 0 Å². The van der Waals surface area contributed by atoms with E-state index in [0.717, 1.165) is 22.2 Å². The number of fused-ring (bicyclic) bond motifs is 1. The van der Waals surface area contributed by atoms with Crippen molar-refractivity contribution in [1.82, 2.24) is 9.47 Å². The average Bonchev–Trinajstić information content (AvgIpc) is 3.19. The third-order valence-electron chi connectivity index (χ3n) is 6.01. The monoisotopic (exact) mass is 474 g/mol. The molecule has 176 valence electrons. The van der Waals surface area contributed by atoms with E-state index in [1.165, 1.54) is 0 Å². The van der Waals surface area contributed by atoms with Gasteiger partial charge < -0.3 is 9.47 Å². The van der Waals surface area contributed by atoms with Crippen molar-refractivity contribution in [2.75, 3.05) is 0 Å². The summed E-state index contributed by atoms with van der Waals surface area (Å²) in [5.41, 5.74) is 3.62. The number of hydrogen-bond donors (Lipinski definition) is 0. The zero-order chi connectivity index (χ0) is 24.3. The number of aryl methyl sites for hydroxylation is 1. The van der Waals surface area contributed by atoms with Crippen molar-refractivity contribution in [3.05, 3.63) is 102 Å². The number of hydrogen-bond acceptors (Lipinski definition) is 3. The van der Waals surface area contributed by atoms with Crippen LogP contribution in [0.4, 0.5) is 0 Å². The van der Waals surface area contributed by atoms with Crippen molar-refractivity contribution in [2.24, 2.45) is 0 Å². The summed E-state index contributed by atoms with van der Waals surface area (Å²) in [5.74, 6) is -0.136. The van der Waals surface area contributed by atoms with Gasteiger partial charge in [0.25, 0.3) is 0 Å². The van der Waals surface area contributed by atoms with E-state index in [1.54, 1.807) is 10.8 Å². The molecule has 1 heterocycles. The highest BCUT2D eigenvalue weighted by molar-refractivity contribution is 7.90. The molecule has 3 aromatic carbocycles. The molecule has 0 fully saturated rings. The Labute approximate surface area is 201 Å². The minimum Gasteiger partial charge on any atom is -0.337 e. The maximum atomic E-state index is 13.4. The molecular weight excluding hydrogens is 444 g/mol. The first kappa shape index (κ1) is 23.8. The second kappa shape index (κ2) is 9.85. The van der Waals surface area contributed by atoms with E-state index in [1.807, 2.05) is 105 Å². The van der Waals surface area contributed by atoms with Crippen LogP contribution in [0.5, 0.6) is 0 Å². The van der Waals surface area contributed by atoms with Crippen LogP contribution < -0.4 is 0 Å². The Hall–Kier alpha value is -3.38. The first-order valence-electron chi connectivity index (χ1n) is 11.4. The Morgan fingerprint density at radius 3 is 2.21 bits per heavy atom. The maximum Gasteiger partial charge on any atom is 0.243 e. The van der Waals surface area contributed by atoms with Crippen LogP contribution in [0.25, 0.3) is 10.9 Å². The SMILES string of the molecule is Cc1ccc(CS(=O)(=O)c2cn(CC(=O)N(Cc3ccccc3)C(C)C)c3ccccc23)cc1. The van der Waals surface area contributed by atoms with Crippen molar-refractivity contribution >= 4 is 26.6 Å². The number of carbonyl (C=O) groups excluding carboxylic acids is 1. The van der Waals surface area contributed by atoms with Gasteiger partial charge in [-0.2, -0.15) is 0 Å². The van der Waals surface area contributed by atoms with E-state index >= 15 is 0 Å². The van der Waals surface area contributed by atoms with Crippen LogP contribution in [-0.2, 0) is 33.5 Å². The van der Waals surface area contributed by atoms with Crippen LogP contribution in [0, 0.1) is 6.92 Å². The summed E-state index contributed by atoms with van der Waals surface area (Å²) in [6, 6.07) is 24.8. The highest BCUT2D eigenvalue weighted by atomic mass is 32.2. The third kappa shape index (κ3) is 5.23. The summed E-state index contributed by atoms with van der Waals surface area (Å²) in [7, 11) is -3.60. The van der Waals surface area contributed by atoms with Crippen molar-refractivity contribution < 1.29 is 13.2 Å². The molecule has 5 nitrogen and oxygen atoms in total. The molecule has 0 atom stereocenters. The molecule has 0 aliphatic heterocycles. The molecular formula is C28H30N2O3S. The minimum absolute atomic E-state index is 0.0132. The molecule has 34 heavy (non-hydrogen) atoms. The molecule has 0 bridgehead atoms. The van der Waals surface area contributed by atoms with E-state index in [2.05, 4.69) is 0 Å². The number of aromatic nitrogens is 1. The number of para-hydroxylation sites is 1. The van der Waals surface area contributed by atoms with Gasteiger partial charge in [0.15, 0.2) is 9.84 Å². The number of nitrogens with zero attached hydrogens (tertiary/aromatic N) is 2. The summed E-state index contributed by atoms with van der Waals surface area (Å²) < 4.78 is 28.5. The van der Waals surface area contributed by atoms with E-state index in [4.69, 9.17) is 0 Å². The van der Waals surface area contributed by atoms with E-state index in [0.29, 0.717) is 11.9 Å². The standard InChI is InChI=1S/C28H30N2O3S/c1-21(2)30(17-23-9-5-4-6-10-23)28(31)19-29-18-27(25-11-7-8-12-26(25)29)34(32,33)20-24-15-13-22(3)14-16-24/h4-16,18,21H,17,19-20H2,1-3H3. The zero-order valence-corrected chi connectivity index (χ0v) is 20.6. The number of carbonyl (C=O) groups is 1. The summed E-state index contributed by atoms with van der Waals surface area (Å²) in [6.07, 6.45) is 1.62. The van der Waals surface area contributed by atoms with Gasteiger partial charge in [0, 0.05) is 29.7 Å². The fourth-order valence-electron chi connectivity index (χ4n) is 4.15. The van der Waals surface area contributed by atoms with E-state index in [9.17, 15) is 13.2 Å². The van der Waals surface area contributed by atoms with Gasteiger partial charge in [-0.15, -0.1) is 0 Å². The Kier molecular flexibility index (Phi) is 6.89. The maximum absolute atomic E-state index is 13.4. The van der Waals surface area contributed by atoms with Crippen LogP contribution >= 0.6 is 0 Å². The molecule has 0 aliphatic rings. The Morgan fingerprint density at radius 2 is 1.53 bits per heavy atom. The molecule has 0 radical (unpaired) electrons. The predicted molar refractivity (Wildman–Crippen MR) is 136 cm³/mol. The lowest BCUT2D eigenvalue weighted by molar-refractivity contribution is -0.134. The van der Waals surface area contributed by atoms with Gasteiger partial charge in [0.1, 0.15) is 6.54 Å². The number of amides is 1. The number of rotatable bonds is 8. The quantitative estimate of drug-likeness (QED) is 0.345. The zero-order valence-electron chi connectivity index (χ0n) is 19.8. The molecule has 0 N–H and O–H groups in total. The molecule has 1 aromatic heterocycles. The Bertz CT molecular complexity index is 1390. The van der Waals surface area contributed by atoms with Gasteiger partial charge in [-0.1, -0.05) is 78.4 Å². The minimum atomic E-state index is -3.60. The smallest absolute Gasteiger partial charge is 0.243 e. The third-order valence-corrected chi connectivity index (χ3v) is 7.72. The molecule has 0 spiro atoms. The van der Waals surface area contributed by atoms with Crippen LogP contribution in [0.1, 0.15) is 30.5 Å². The van der Waals surface area contributed by atoms with Gasteiger partial charge >= 0.3 is 0 Å². The lowest BCUT2D eigenvalue weighted by atomic mass is 10.2. The van der Waals surface area contributed by atoms with Crippen LogP contribution in [0.2, 0.25) is 0 Å². The fraction of sp³-hybridized carbons (Fsp3) is 0.250. The molecule has 0 saturated heterocycles. The fourth-order valence-corrected chi connectivity index (χ4v) is 5.73. The van der Waals surface area contributed by atoms with Crippen LogP contribution in [0.15, 0.2) is 90.0 Å². The normalized spacial score (nSPS) is 11.8. The number of sulfone groups is 1. The van der Waals surface area contributed by atoms with E-state index < -0.39 is 9.84 Å². The van der Waals surface area contributed by atoms with Gasteiger partial charge in [-0.3, -0.25) is 4.79 Å². The topological polar surface area (TPSA) is 59.4 Å². The first-order chi connectivity index (χ1) is 16.2. The first-order valence-corrected chi connectivity index (χ1v) is 13.1.